The van der Waals surface area contributed by atoms with Crippen LogP contribution in [0.3, 0.4) is 0 Å². The summed E-state index contributed by atoms with van der Waals surface area (Å²) in [4.78, 5) is 26.3. The van der Waals surface area contributed by atoms with Crippen molar-refractivity contribution in [2.75, 3.05) is 0 Å². The van der Waals surface area contributed by atoms with Gasteiger partial charge in [-0.3, -0.25) is 9.78 Å². The molecule has 0 amide bonds. The van der Waals surface area contributed by atoms with Gasteiger partial charge in [0.1, 0.15) is 5.60 Å². The molecular formula is C23H26ClN3O2. The Bertz CT molecular complexity index is 1060. The molecule has 0 saturated heterocycles. The van der Waals surface area contributed by atoms with E-state index < -0.39 is 5.60 Å². The third kappa shape index (κ3) is 4.31. The van der Waals surface area contributed by atoms with Crippen LogP contribution in [0.2, 0.25) is 5.02 Å². The van der Waals surface area contributed by atoms with E-state index in [2.05, 4.69) is 21.9 Å². The number of aromatic nitrogens is 3. The highest BCUT2D eigenvalue weighted by molar-refractivity contribution is 6.36. The summed E-state index contributed by atoms with van der Waals surface area (Å²) in [6.45, 7) is 9.11. The maximum absolute atomic E-state index is 13.2. The molecule has 0 spiro atoms. The third-order valence-corrected chi connectivity index (χ3v) is 5.50. The lowest BCUT2D eigenvalue weighted by atomic mass is 9.91. The minimum atomic E-state index is -1.11. The Hall–Kier alpha value is -2.37. The zero-order valence-electron chi connectivity index (χ0n) is 17.5. The lowest BCUT2D eigenvalue weighted by Crippen LogP contribution is -2.19. The fourth-order valence-corrected chi connectivity index (χ4v) is 3.62. The summed E-state index contributed by atoms with van der Waals surface area (Å²) in [5, 5.41) is 11.2. The van der Waals surface area contributed by atoms with Gasteiger partial charge in [0, 0.05) is 34.8 Å². The molecule has 3 rings (SSSR count). The van der Waals surface area contributed by atoms with Gasteiger partial charge in [-0.1, -0.05) is 37.9 Å². The second kappa shape index (κ2) is 8.17. The Morgan fingerprint density at radius 2 is 1.86 bits per heavy atom. The van der Waals surface area contributed by atoms with E-state index in [0.717, 1.165) is 34.9 Å². The van der Waals surface area contributed by atoms with E-state index in [1.807, 2.05) is 32.0 Å². The number of aryl methyl sites for hydroxylation is 1. The van der Waals surface area contributed by atoms with Crippen LogP contribution in [0.4, 0.5) is 0 Å². The number of carbonyl (C=O) groups is 1. The normalized spacial score (nSPS) is 12.9. The molecule has 0 fully saturated rings. The molecule has 3 aromatic rings. The minimum absolute atomic E-state index is 0.0399. The zero-order chi connectivity index (χ0) is 21.3. The molecule has 1 atom stereocenters. The molecule has 0 aliphatic heterocycles. The average Bonchev–Trinajstić information content (AvgIpc) is 2.68. The van der Waals surface area contributed by atoms with Crippen molar-refractivity contribution in [3.63, 3.8) is 0 Å². The molecule has 2 aromatic heterocycles. The van der Waals surface area contributed by atoms with E-state index in [9.17, 15) is 9.90 Å². The van der Waals surface area contributed by atoms with E-state index in [1.54, 1.807) is 26.2 Å². The van der Waals surface area contributed by atoms with Gasteiger partial charge in [-0.15, -0.1) is 0 Å². The average molecular weight is 412 g/mol. The van der Waals surface area contributed by atoms with Crippen molar-refractivity contribution in [3.8, 4) is 11.1 Å². The number of hydrogen-bond acceptors (Lipinski definition) is 5. The number of carbonyl (C=O) groups excluding carboxylic acids is 1. The van der Waals surface area contributed by atoms with Crippen molar-refractivity contribution in [3.05, 3.63) is 52.7 Å². The number of fused-ring (bicyclic) bond motifs is 1. The van der Waals surface area contributed by atoms with Crippen LogP contribution in [0.5, 0.6) is 0 Å². The number of benzene rings is 1. The van der Waals surface area contributed by atoms with Gasteiger partial charge in [0.05, 0.1) is 16.2 Å². The molecule has 152 valence electrons. The SMILES string of the molecule is CCCC(C)C(=O)c1c(Cl)c(C)nc2ccc(-c3cnc(C(C)(C)O)nc3)cc12. The lowest BCUT2D eigenvalue weighted by molar-refractivity contribution is 0.0687. The summed E-state index contributed by atoms with van der Waals surface area (Å²) in [6, 6.07) is 5.73. The number of nitrogens with zero attached hydrogens (tertiary/aromatic N) is 3. The zero-order valence-corrected chi connectivity index (χ0v) is 18.2. The van der Waals surface area contributed by atoms with E-state index >= 15 is 0 Å². The van der Waals surface area contributed by atoms with Crippen molar-refractivity contribution < 1.29 is 9.90 Å². The maximum atomic E-state index is 13.2. The van der Waals surface area contributed by atoms with Crippen LogP contribution in [0.1, 0.15) is 62.4 Å². The largest absolute Gasteiger partial charge is 0.382 e. The Labute approximate surface area is 176 Å². The van der Waals surface area contributed by atoms with Gasteiger partial charge >= 0.3 is 0 Å². The van der Waals surface area contributed by atoms with Crippen molar-refractivity contribution in [1.82, 2.24) is 15.0 Å². The highest BCUT2D eigenvalue weighted by Gasteiger charge is 2.23. The first-order valence-electron chi connectivity index (χ1n) is 9.82. The smallest absolute Gasteiger partial charge is 0.167 e. The standard InChI is InChI=1S/C23H26ClN3O2/c1-6-7-13(2)21(28)19-17-10-15(8-9-18(17)27-14(3)20(19)24)16-11-25-22(26-12-16)23(4,5)29/h8-13,29H,6-7H2,1-5H3. The predicted octanol–water partition coefficient (Wildman–Crippen LogP) is 5.50. The van der Waals surface area contributed by atoms with Gasteiger partial charge in [-0.25, -0.2) is 9.97 Å². The molecule has 0 radical (unpaired) electrons. The Balaban J connectivity index is 2.14. The third-order valence-electron chi connectivity index (χ3n) is 5.04. The van der Waals surface area contributed by atoms with E-state index in [-0.39, 0.29) is 11.7 Å². The van der Waals surface area contributed by atoms with Crippen molar-refractivity contribution >= 4 is 28.3 Å². The first-order valence-corrected chi connectivity index (χ1v) is 10.2. The Morgan fingerprint density at radius 1 is 1.21 bits per heavy atom. The van der Waals surface area contributed by atoms with Gasteiger partial charge < -0.3 is 5.11 Å². The van der Waals surface area contributed by atoms with Gasteiger partial charge in [0.2, 0.25) is 0 Å². The quantitative estimate of drug-likeness (QED) is 0.542. The number of Topliss-reactive ketones (excluding diaryl/α,β-unsaturated/α-hetero) is 1. The number of aliphatic hydroxyl groups is 1. The number of hydrogen-bond donors (Lipinski definition) is 1. The van der Waals surface area contributed by atoms with E-state index in [0.29, 0.717) is 22.1 Å². The van der Waals surface area contributed by atoms with E-state index in [4.69, 9.17) is 11.6 Å². The van der Waals surface area contributed by atoms with Crippen LogP contribution >= 0.6 is 11.6 Å². The second-order valence-corrected chi connectivity index (χ2v) is 8.40. The van der Waals surface area contributed by atoms with Gasteiger partial charge in [0.25, 0.3) is 0 Å². The van der Waals surface area contributed by atoms with Gasteiger partial charge in [-0.2, -0.15) is 0 Å². The van der Waals surface area contributed by atoms with Crippen molar-refractivity contribution in [2.24, 2.45) is 5.92 Å². The van der Waals surface area contributed by atoms with Crippen LogP contribution in [0, 0.1) is 12.8 Å². The summed E-state index contributed by atoms with van der Waals surface area (Å²) in [6.07, 6.45) is 5.09. The lowest BCUT2D eigenvalue weighted by Gasteiger charge is -2.16. The summed E-state index contributed by atoms with van der Waals surface area (Å²) >= 11 is 6.54. The summed E-state index contributed by atoms with van der Waals surface area (Å²) in [5.41, 5.74) is 2.46. The second-order valence-electron chi connectivity index (χ2n) is 8.03. The summed E-state index contributed by atoms with van der Waals surface area (Å²) in [7, 11) is 0. The first kappa shape index (κ1) is 21.3. The van der Waals surface area contributed by atoms with Crippen LogP contribution in [0.15, 0.2) is 30.6 Å². The monoisotopic (exact) mass is 411 g/mol. The van der Waals surface area contributed by atoms with Crippen molar-refractivity contribution in [1.29, 1.82) is 0 Å². The first-order chi connectivity index (χ1) is 13.6. The molecule has 1 aromatic carbocycles. The van der Waals surface area contributed by atoms with E-state index in [1.165, 1.54) is 0 Å². The Morgan fingerprint density at radius 3 is 2.45 bits per heavy atom. The highest BCUT2D eigenvalue weighted by atomic mass is 35.5. The topological polar surface area (TPSA) is 76.0 Å². The molecule has 5 nitrogen and oxygen atoms in total. The molecule has 0 bridgehead atoms. The fourth-order valence-electron chi connectivity index (χ4n) is 3.39. The molecule has 0 aliphatic carbocycles. The highest BCUT2D eigenvalue weighted by Crippen LogP contribution is 2.33. The molecule has 1 N–H and O–H groups in total. The van der Waals surface area contributed by atoms with Crippen LogP contribution in [0.25, 0.3) is 22.0 Å². The maximum Gasteiger partial charge on any atom is 0.167 e. The number of rotatable bonds is 6. The molecule has 29 heavy (non-hydrogen) atoms. The van der Waals surface area contributed by atoms with Crippen LogP contribution < -0.4 is 0 Å². The van der Waals surface area contributed by atoms with Gasteiger partial charge in [0.15, 0.2) is 11.6 Å². The van der Waals surface area contributed by atoms with Crippen LogP contribution in [-0.4, -0.2) is 25.8 Å². The van der Waals surface area contributed by atoms with Crippen molar-refractivity contribution in [2.45, 2.75) is 53.1 Å². The summed E-state index contributed by atoms with van der Waals surface area (Å²) in [5.74, 6) is 0.283. The molecule has 2 heterocycles. The molecule has 1 unspecified atom stereocenters. The number of pyridine rings is 1. The number of ketones is 1. The number of halogens is 1. The minimum Gasteiger partial charge on any atom is -0.382 e. The Kier molecular flexibility index (Phi) is 6.01. The van der Waals surface area contributed by atoms with Crippen LogP contribution in [-0.2, 0) is 5.60 Å². The van der Waals surface area contributed by atoms with Gasteiger partial charge in [-0.05, 0) is 44.9 Å². The predicted molar refractivity (Wildman–Crippen MR) is 116 cm³/mol. The fraction of sp³-hybridized carbons (Fsp3) is 0.391. The molecule has 6 heteroatoms. The molecular weight excluding hydrogens is 386 g/mol. The molecule has 0 saturated carbocycles. The summed E-state index contributed by atoms with van der Waals surface area (Å²) < 4.78 is 0. The molecule has 0 aliphatic rings.